The zero-order valence-electron chi connectivity index (χ0n) is 11.6. The quantitative estimate of drug-likeness (QED) is 0.485. The van der Waals surface area contributed by atoms with Gasteiger partial charge in [-0.15, -0.1) is 0 Å². The van der Waals surface area contributed by atoms with Crippen molar-refractivity contribution in [2.75, 3.05) is 13.1 Å². The van der Waals surface area contributed by atoms with Gasteiger partial charge >= 0.3 is 0 Å². The van der Waals surface area contributed by atoms with Crippen LogP contribution in [0.4, 0.5) is 0 Å². The van der Waals surface area contributed by atoms with Crippen molar-refractivity contribution >= 4 is 12.4 Å². The lowest BCUT2D eigenvalue weighted by molar-refractivity contribution is 0.810. The molecule has 18 heavy (non-hydrogen) atoms. The van der Waals surface area contributed by atoms with Crippen molar-refractivity contribution in [2.45, 2.75) is 39.5 Å². The van der Waals surface area contributed by atoms with Crippen LogP contribution in [0.15, 0.2) is 34.3 Å². The topological polar surface area (TPSA) is 24.7 Å². The maximum absolute atomic E-state index is 4.41. The van der Waals surface area contributed by atoms with E-state index in [1.807, 2.05) is 12.4 Å². The van der Waals surface area contributed by atoms with Gasteiger partial charge in [0.2, 0.25) is 0 Å². The lowest BCUT2D eigenvalue weighted by Gasteiger charge is -1.97. The molecule has 0 aliphatic rings. The molecule has 0 amide bonds. The summed E-state index contributed by atoms with van der Waals surface area (Å²) < 4.78 is 0. The normalized spacial score (nSPS) is 11.7. The van der Waals surface area contributed by atoms with Crippen LogP contribution in [0.25, 0.3) is 0 Å². The number of unbranched alkanes of at least 4 members (excludes halogenated alkanes) is 2. The summed E-state index contributed by atoms with van der Waals surface area (Å²) in [5, 5.41) is 0. The molecule has 0 bridgehead atoms. The average Bonchev–Trinajstić information content (AvgIpc) is 2.40. The van der Waals surface area contributed by atoms with Crippen molar-refractivity contribution in [3.05, 3.63) is 35.4 Å². The molecular formula is C16H24N2. The molecule has 0 spiro atoms. The van der Waals surface area contributed by atoms with Gasteiger partial charge in [-0.1, -0.05) is 44.9 Å². The summed E-state index contributed by atoms with van der Waals surface area (Å²) >= 11 is 0. The summed E-state index contributed by atoms with van der Waals surface area (Å²) in [6.45, 7) is 6.21. The first kappa shape index (κ1) is 14.6. The van der Waals surface area contributed by atoms with Gasteiger partial charge in [0.25, 0.3) is 0 Å². The zero-order valence-corrected chi connectivity index (χ0v) is 11.6. The van der Waals surface area contributed by atoms with Crippen LogP contribution in [0.5, 0.6) is 0 Å². The Kier molecular flexibility index (Phi) is 7.78. The van der Waals surface area contributed by atoms with E-state index in [2.05, 4.69) is 48.1 Å². The molecule has 1 aromatic carbocycles. The fourth-order valence-electron chi connectivity index (χ4n) is 1.56. The monoisotopic (exact) mass is 244 g/mol. The molecule has 0 aliphatic carbocycles. The highest BCUT2D eigenvalue weighted by molar-refractivity contribution is 5.86. The van der Waals surface area contributed by atoms with E-state index in [9.17, 15) is 0 Å². The van der Waals surface area contributed by atoms with Crippen LogP contribution in [-0.4, -0.2) is 25.5 Å². The molecule has 1 aromatic rings. The Hall–Kier alpha value is -1.44. The summed E-state index contributed by atoms with van der Waals surface area (Å²) in [6, 6.07) is 8.35. The van der Waals surface area contributed by atoms with Crippen LogP contribution in [0.3, 0.4) is 0 Å². The molecule has 0 atom stereocenters. The number of rotatable bonds is 8. The van der Waals surface area contributed by atoms with Gasteiger partial charge in [-0.3, -0.25) is 9.98 Å². The van der Waals surface area contributed by atoms with Gasteiger partial charge in [0.1, 0.15) is 0 Å². The van der Waals surface area contributed by atoms with Gasteiger partial charge in [0.05, 0.1) is 0 Å². The van der Waals surface area contributed by atoms with E-state index in [4.69, 9.17) is 0 Å². The predicted molar refractivity (Wildman–Crippen MR) is 81.2 cm³/mol. The fraction of sp³-hybridized carbons (Fsp3) is 0.500. The second kappa shape index (κ2) is 9.58. The summed E-state index contributed by atoms with van der Waals surface area (Å²) in [5.74, 6) is 0. The molecule has 0 unspecified atom stereocenters. The van der Waals surface area contributed by atoms with Crippen LogP contribution in [0.1, 0.15) is 50.7 Å². The summed E-state index contributed by atoms with van der Waals surface area (Å²) in [5.41, 5.74) is 2.32. The third kappa shape index (κ3) is 6.33. The van der Waals surface area contributed by atoms with Crippen LogP contribution >= 0.6 is 0 Å². The molecule has 0 heterocycles. The van der Waals surface area contributed by atoms with Crippen LogP contribution < -0.4 is 0 Å². The van der Waals surface area contributed by atoms with Gasteiger partial charge in [0.15, 0.2) is 0 Å². The van der Waals surface area contributed by atoms with Crippen molar-refractivity contribution < 1.29 is 0 Å². The number of aliphatic imine (C=N–C) groups is 2. The van der Waals surface area contributed by atoms with Crippen LogP contribution in [-0.2, 0) is 0 Å². The lowest BCUT2D eigenvalue weighted by atomic mass is 10.1. The predicted octanol–water partition coefficient (Wildman–Crippen LogP) is 4.12. The molecule has 2 nitrogen and oxygen atoms in total. The molecule has 0 saturated heterocycles. The number of benzene rings is 1. The fourth-order valence-corrected chi connectivity index (χ4v) is 1.56. The Balaban J connectivity index is 2.51. The molecule has 0 aliphatic heterocycles. The van der Waals surface area contributed by atoms with Gasteiger partial charge in [-0.05, 0) is 30.0 Å². The highest BCUT2D eigenvalue weighted by atomic mass is 14.7. The number of hydrogen-bond donors (Lipinski definition) is 0. The second-order valence-electron chi connectivity index (χ2n) is 4.45. The first-order valence-electron chi connectivity index (χ1n) is 6.96. The third-order valence-electron chi connectivity index (χ3n) is 2.67. The largest absolute Gasteiger partial charge is 0.293 e. The third-order valence-corrected chi connectivity index (χ3v) is 2.67. The van der Waals surface area contributed by atoms with Gasteiger partial charge in [-0.2, -0.15) is 0 Å². The van der Waals surface area contributed by atoms with Crippen LogP contribution in [0.2, 0.25) is 0 Å². The molecular weight excluding hydrogens is 220 g/mol. The van der Waals surface area contributed by atoms with E-state index < -0.39 is 0 Å². The van der Waals surface area contributed by atoms with E-state index in [-0.39, 0.29) is 0 Å². The molecule has 0 saturated carbocycles. The summed E-state index contributed by atoms with van der Waals surface area (Å²) in [4.78, 5) is 8.83. The van der Waals surface area contributed by atoms with E-state index in [1.165, 1.54) is 12.8 Å². The number of hydrogen-bond acceptors (Lipinski definition) is 2. The first-order chi connectivity index (χ1) is 8.86. The van der Waals surface area contributed by atoms with Gasteiger partial charge in [-0.25, -0.2) is 0 Å². The molecule has 0 fully saturated rings. The van der Waals surface area contributed by atoms with E-state index in [0.717, 1.165) is 37.1 Å². The smallest absolute Gasteiger partial charge is 0.0389 e. The molecule has 1 rings (SSSR count). The van der Waals surface area contributed by atoms with Crippen molar-refractivity contribution in [2.24, 2.45) is 9.98 Å². The maximum atomic E-state index is 4.41. The molecule has 98 valence electrons. The Morgan fingerprint density at radius 1 is 0.889 bits per heavy atom. The average molecular weight is 244 g/mol. The highest BCUT2D eigenvalue weighted by Crippen LogP contribution is 2.01. The SMILES string of the molecule is CCCC/N=C/c1cccc(/C=N/CCCC)c1. The minimum absolute atomic E-state index is 0.922. The van der Waals surface area contributed by atoms with E-state index in [1.54, 1.807) is 0 Å². The minimum Gasteiger partial charge on any atom is -0.293 e. The lowest BCUT2D eigenvalue weighted by Crippen LogP contribution is -1.89. The molecule has 2 heteroatoms. The molecule has 0 aromatic heterocycles. The van der Waals surface area contributed by atoms with E-state index >= 15 is 0 Å². The molecule has 0 radical (unpaired) electrons. The van der Waals surface area contributed by atoms with E-state index in [0.29, 0.717) is 0 Å². The summed E-state index contributed by atoms with van der Waals surface area (Å²) in [7, 11) is 0. The van der Waals surface area contributed by atoms with Crippen LogP contribution in [0, 0.1) is 0 Å². The van der Waals surface area contributed by atoms with Crippen molar-refractivity contribution in [3.63, 3.8) is 0 Å². The molecule has 0 N–H and O–H groups in total. The highest BCUT2D eigenvalue weighted by Gasteiger charge is 1.90. The minimum atomic E-state index is 0.922. The maximum Gasteiger partial charge on any atom is 0.0389 e. The van der Waals surface area contributed by atoms with Crippen molar-refractivity contribution in [1.29, 1.82) is 0 Å². The Morgan fingerprint density at radius 3 is 1.83 bits per heavy atom. The zero-order chi connectivity index (χ0) is 13.1. The van der Waals surface area contributed by atoms with Crippen molar-refractivity contribution in [1.82, 2.24) is 0 Å². The second-order valence-corrected chi connectivity index (χ2v) is 4.45. The van der Waals surface area contributed by atoms with Gasteiger partial charge < -0.3 is 0 Å². The standard InChI is InChI=1S/C16H24N2/c1-3-5-10-17-13-15-8-7-9-16(12-15)14-18-11-6-4-2/h7-9,12-14H,3-6,10-11H2,1-2H3/b17-13+,18-14+. The first-order valence-corrected chi connectivity index (χ1v) is 6.96. The van der Waals surface area contributed by atoms with Crippen molar-refractivity contribution in [3.8, 4) is 0 Å². The Bertz CT molecular complexity index is 347. The number of nitrogens with zero attached hydrogens (tertiary/aromatic N) is 2. The Labute approximate surface area is 111 Å². The summed E-state index contributed by atoms with van der Waals surface area (Å²) in [6.07, 6.45) is 8.63. The Morgan fingerprint density at radius 2 is 1.39 bits per heavy atom. The van der Waals surface area contributed by atoms with Gasteiger partial charge in [0, 0.05) is 25.5 Å².